The van der Waals surface area contributed by atoms with Crippen LogP contribution in [0.4, 0.5) is 0 Å². The highest BCUT2D eigenvalue weighted by Gasteiger charge is 2.10. The first-order valence-electron chi connectivity index (χ1n) is 7.83. The first-order chi connectivity index (χ1) is 11.5. The van der Waals surface area contributed by atoms with Crippen molar-refractivity contribution in [3.8, 4) is 11.5 Å². The van der Waals surface area contributed by atoms with Crippen LogP contribution >= 0.6 is 15.9 Å². The summed E-state index contributed by atoms with van der Waals surface area (Å²) in [5.41, 5.74) is 1.60. The topological polar surface area (TPSA) is 47.6 Å². The van der Waals surface area contributed by atoms with Crippen LogP contribution in [0.2, 0.25) is 0 Å². The molecule has 0 saturated heterocycles. The number of nitrogens with one attached hydrogen (secondary N) is 1. The number of ether oxygens (including phenoxy) is 2. The Hall–Kier alpha value is -2.01. The van der Waals surface area contributed by atoms with Gasteiger partial charge in [0.05, 0.1) is 18.2 Å². The zero-order valence-electron chi connectivity index (χ0n) is 14.1. The van der Waals surface area contributed by atoms with Crippen molar-refractivity contribution in [3.05, 3.63) is 58.1 Å². The van der Waals surface area contributed by atoms with Crippen molar-refractivity contribution in [1.29, 1.82) is 0 Å². The Morgan fingerprint density at radius 3 is 2.46 bits per heavy atom. The van der Waals surface area contributed by atoms with Crippen molar-refractivity contribution in [2.24, 2.45) is 5.92 Å². The van der Waals surface area contributed by atoms with E-state index in [4.69, 9.17) is 9.47 Å². The molecule has 0 aliphatic carbocycles. The lowest BCUT2D eigenvalue weighted by atomic mass is 10.2. The minimum Gasteiger partial charge on any atom is -0.497 e. The summed E-state index contributed by atoms with van der Waals surface area (Å²) < 4.78 is 11.6. The highest BCUT2D eigenvalue weighted by Crippen LogP contribution is 2.26. The van der Waals surface area contributed by atoms with Crippen LogP contribution in [0.15, 0.2) is 46.9 Å². The summed E-state index contributed by atoms with van der Waals surface area (Å²) in [6.45, 7) is 5.29. The fraction of sp³-hybridized carbons (Fsp3) is 0.316. The zero-order valence-corrected chi connectivity index (χ0v) is 15.7. The highest BCUT2D eigenvalue weighted by atomic mass is 79.9. The molecule has 2 aromatic rings. The van der Waals surface area contributed by atoms with Gasteiger partial charge in [-0.2, -0.15) is 0 Å². The minimum absolute atomic E-state index is 0.123. The van der Waals surface area contributed by atoms with Crippen LogP contribution in [-0.2, 0) is 6.54 Å². The lowest BCUT2D eigenvalue weighted by molar-refractivity contribution is 0.0951. The second-order valence-electron chi connectivity index (χ2n) is 5.88. The number of amides is 1. The van der Waals surface area contributed by atoms with Crippen molar-refractivity contribution in [3.63, 3.8) is 0 Å². The molecule has 2 rings (SSSR count). The first kappa shape index (κ1) is 18.3. The van der Waals surface area contributed by atoms with Gasteiger partial charge < -0.3 is 14.8 Å². The summed E-state index contributed by atoms with van der Waals surface area (Å²) in [5.74, 6) is 1.87. The van der Waals surface area contributed by atoms with Gasteiger partial charge in [-0.15, -0.1) is 0 Å². The SMILES string of the molecule is COc1ccc(CNC(=O)c2ccc(OCC(C)C)c(Br)c2)cc1. The van der Waals surface area contributed by atoms with Crippen LogP contribution < -0.4 is 14.8 Å². The van der Waals surface area contributed by atoms with Gasteiger partial charge in [-0.1, -0.05) is 26.0 Å². The summed E-state index contributed by atoms with van der Waals surface area (Å²) in [7, 11) is 1.63. The quantitative estimate of drug-likeness (QED) is 0.759. The van der Waals surface area contributed by atoms with Gasteiger partial charge in [-0.05, 0) is 57.7 Å². The second kappa shape index (κ2) is 8.73. The normalized spacial score (nSPS) is 10.5. The molecular formula is C19H22BrNO3. The Bertz CT molecular complexity index is 684. The number of halogens is 1. The van der Waals surface area contributed by atoms with E-state index in [1.54, 1.807) is 19.2 Å². The van der Waals surface area contributed by atoms with E-state index >= 15 is 0 Å². The maximum Gasteiger partial charge on any atom is 0.251 e. The van der Waals surface area contributed by atoms with E-state index in [9.17, 15) is 4.79 Å². The molecule has 5 heteroatoms. The van der Waals surface area contributed by atoms with Crippen LogP contribution in [-0.4, -0.2) is 19.6 Å². The van der Waals surface area contributed by atoms with Crippen molar-refractivity contribution in [2.75, 3.05) is 13.7 Å². The van der Waals surface area contributed by atoms with E-state index in [0.717, 1.165) is 21.5 Å². The van der Waals surface area contributed by atoms with Crippen molar-refractivity contribution in [2.45, 2.75) is 20.4 Å². The molecule has 128 valence electrons. The van der Waals surface area contributed by atoms with Gasteiger partial charge in [0, 0.05) is 12.1 Å². The smallest absolute Gasteiger partial charge is 0.251 e. The predicted molar refractivity (Wildman–Crippen MR) is 98.6 cm³/mol. The molecule has 0 heterocycles. The molecule has 0 saturated carbocycles. The summed E-state index contributed by atoms with van der Waals surface area (Å²) >= 11 is 3.46. The van der Waals surface area contributed by atoms with Crippen LogP contribution in [0, 0.1) is 5.92 Å². The van der Waals surface area contributed by atoms with Gasteiger partial charge in [-0.3, -0.25) is 4.79 Å². The molecule has 0 aliphatic rings. The summed E-state index contributed by atoms with van der Waals surface area (Å²) in [4.78, 5) is 12.3. The van der Waals surface area contributed by atoms with Gasteiger partial charge in [0.15, 0.2) is 0 Å². The lowest BCUT2D eigenvalue weighted by Gasteiger charge is -2.12. The Kier molecular flexibility index (Phi) is 6.67. The summed E-state index contributed by atoms with van der Waals surface area (Å²) in [5, 5.41) is 2.91. The van der Waals surface area contributed by atoms with Crippen molar-refractivity contribution in [1.82, 2.24) is 5.32 Å². The first-order valence-corrected chi connectivity index (χ1v) is 8.62. The minimum atomic E-state index is -0.123. The van der Waals surface area contributed by atoms with Crippen LogP contribution in [0.25, 0.3) is 0 Å². The van der Waals surface area contributed by atoms with Gasteiger partial charge in [0.25, 0.3) is 5.91 Å². The fourth-order valence-corrected chi connectivity index (χ4v) is 2.54. The molecule has 0 aliphatic heterocycles. The number of rotatable bonds is 7. The molecule has 1 amide bonds. The number of carbonyl (C=O) groups excluding carboxylic acids is 1. The number of hydrogen-bond acceptors (Lipinski definition) is 3. The molecule has 0 bridgehead atoms. The summed E-state index contributed by atoms with van der Waals surface area (Å²) in [6.07, 6.45) is 0. The maximum atomic E-state index is 12.3. The molecule has 24 heavy (non-hydrogen) atoms. The molecule has 0 atom stereocenters. The van der Waals surface area contributed by atoms with Gasteiger partial charge in [-0.25, -0.2) is 0 Å². The van der Waals surface area contributed by atoms with Gasteiger partial charge in [0.2, 0.25) is 0 Å². The van der Waals surface area contributed by atoms with Crippen molar-refractivity contribution < 1.29 is 14.3 Å². The molecule has 0 radical (unpaired) electrons. The molecule has 1 N–H and O–H groups in total. The monoisotopic (exact) mass is 391 g/mol. The Labute approximate surface area is 151 Å². The molecule has 4 nitrogen and oxygen atoms in total. The molecule has 0 aromatic heterocycles. The van der Waals surface area contributed by atoms with E-state index in [1.807, 2.05) is 30.3 Å². The van der Waals surface area contributed by atoms with E-state index in [2.05, 4.69) is 35.1 Å². The van der Waals surface area contributed by atoms with Crippen LogP contribution in [0.5, 0.6) is 11.5 Å². The van der Waals surface area contributed by atoms with Crippen LogP contribution in [0.1, 0.15) is 29.8 Å². The number of methoxy groups -OCH3 is 1. The molecular weight excluding hydrogens is 370 g/mol. The fourth-order valence-electron chi connectivity index (χ4n) is 2.04. The Morgan fingerprint density at radius 2 is 1.88 bits per heavy atom. The van der Waals surface area contributed by atoms with E-state index in [-0.39, 0.29) is 5.91 Å². The number of benzene rings is 2. The van der Waals surface area contributed by atoms with E-state index in [0.29, 0.717) is 24.6 Å². The predicted octanol–water partition coefficient (Wildman–Crippen LogP) is 4.42. The Morgan fingerprint density at radius 1 is 1.17 bits per heavy atom. The van der Waals surface area contributed by atoms with Crippen LogP contribution in [0.3, 0.4) is 0 Å². The molecule has 0 unspecified atom stereocenters. The van der Waals surface area contributed by atoms with E-state index < -0.39 is 0 Å². The molecule has 0 fully saturated rings. The molecule has 0 spiro atoms. The van der Waals surface area contributed by atoms with Crippen molar-refractivity contribution >= 4 is 21.8 Å². The van der Waals surface area contributed by atoms with Gasteiger partial charge >= 0.3 is 0 Å². The molecule has 2 aromatic carbocycles. The summed E-state index contributed by atoms with van der Waals surface area (Å²) in [6, 6.07) is 13.0. The zero-order chi connectivity index (χ0) is 17.5. The third-order valence-corrected chi connectivity index (χ3v) is 4.00. The number of hydrogen-bond donors (Lipinski definition) is 1. The van der Waals surface area contributed by atoms with Gasteiger partial charge in [0.1, 0.15) is 11.5 Å². The Balaban J connectivity index is 1.95. The highest BCUT2D eigenvalue weighted by molar-refractivity contribution is 9.10. The number of carbonyl (C=O) groups is 1. The second-order valence-corrected chi connectivity index (χ2v) is 6.74. The largest absolute Gasteiger partial charge is 0.497 e. The van der Waals surface area contributed by atoms with E-state index in [1.165, 1.54) is 0 Å². The standard InChI is InChI=1S/C19H22BrNO3/c1-13(2)12-24-18-9-6-15(10-17(18)20)19(22)21-11-14-4-7-16(23-3)8-5-14/h4-10,13H,11-12H2,1-3H3,(H,21,22). The average Bonchev–Trinajstić information content (AvgIpc) is 2.58. The third kappa shape index (κ3) is 5.27. The average molecular weight is 392 g/mol. The third-order valence-electron chi connectivity index (χ3n) is 3.38. The lowest BCUT2D eigenvalue weighted by Crippen LogP contribution is -2.22. The maximum absolute atomic E-state index is 12.3.